The standard InChI is InChI=1S/C43H62N6O8.C26H30N4O4.C19H37NO4/c1-42(2,3)45-35(40(52)57-43(4,5)6)21-12-13-24-44-41(53)56-27-25-49-39-33-19-9-8-16-31(33)30-48(36-22-11-10-20-34(36)38(39)46-47-49)37(51)23-14-17-32(50)18-15-26-55-29-28-54-7;1-33-16-17-34-15-7-10-20(31)9-6-14-24(32)30-18-19-8-2-3-11-21(19)25-26(28-29-27-25)22-12-4-5-13-23(22)30;1-8-14-23-16(21)13-11-9-10-12-15(20-18(2,3)4)17(22)24-19(5,6)7/h8-11,16,19-20,22,35,45H,12-15,17-18,21,23-30H2,1-7H3,(H,44,53);2-5,8,11-13H,6-7,9-10,14-18H2,1H3,(H,27,28,29);15,20H,8-14H2,1-7H3. The first-order valence-corrected chi connectivity index (χ1v) is 40.8. The van der Waals surface area contributed by atoms with Crippen LogP contribution in [0.1, 0.15) is 223 Å². The van der Waals surface area contributed by atoms with Crippen LogP contribution in [0.2, 0.25) is 0 Å². The van der Waals surface area contributed by atoms with Crippen molar-refractivity contribution in [3.63, 3.8) is 0 Å². The number of rotatable bonds is 42. The highest BCUT2D eigenvalue weighted by molar-refractivity contribution is 6.01. The van der Waals surface area contributed by atoms with E-state index in [2.05, 4.69) is 41.7 Å². The van der Waals surface area contributed by atoms with E-state index in [-0.39, 0.29) is 78.0 Å². The molecule has 2 aliphatic rings. The Bertz CT molecular complexity index is 4020. The topological polar surface area (TPSA) is 325 Å². The Morgan fingerprint density at radius 2 is 0.913 bits per heavy atom. The van der Waals surface area contributed by atoms with E-state index in [9.17, 15) is 38.4 Å². The molecule has 4 heterocycles. The Morgan fingerprint density at radius 3 is 1.41 bits per heavy atom. The van der Waals surface area contributed by atoms with Crippen LogP contribution in [0.15, 0.2) is 97.1 Å². The number of alkyl carbamates (subject to hydrolysis) is 1. The largest absolute Gasteiger partial charge is 0.466 e. The first-order valence-electron chi connectivity index (χ1n) is 40.8. The average molecular weight is 1600 g/mol. The van der Waals surface area contributed by atoms with Crippen LogP contribution in [-0.2, 0) is 91.1 Å². The average Bonchev–Trinajstić information content (AvgIpc) is 1.70. The normalized spacial score (nSPS) is 12.9. The molecule has 0 spiro atoms. The molecule has 4 aromatic carbocycles. The molecule has 2 atom stereocenters. The van der Waals surface area contributed by atoms with Gasteiger partial charge in [-0.25, -0.2) is 9.48 Å². The number of hydrogen-bond donors (Lipinski definition) is 4. The lowest BCUT2D eigenvalue weighted by Gasteiger charge is -2.30. The fourth-order valence-electron chi connectivity index (χ4n) is 13.0. The first-order chi connectivity index (χ1) is 54.8. The highest BCUT2D eigenvalue weighted by Crippen LogP contribution is 2.43. The van der Waals surface area contributed by atoms with Gasteiger partial charge in [0, 0.05) is 112 Å². The van der Waals surface area contributed by atoms with Crippen LogP contribution in [0.3, 0.4) is 0 Å². The summed E-state index contributed by atoms with van der Waals surface area (Å²) in [5, 5.41) is 30.1. The molecule has 6 aromatic rings. The third-order valence-corrected chi connectivity index (χ3v) is 18.2. The van der Waals surface area contributed by atoms with Crippen molar-refractivity contribution in [1.29, 1.82) is 0 Å². The number of carbonyl (C=O) groups is 8. The monoisotopic (exact) mass is 1600 g/mol. The van der Waals surface area contributed by atoms with Gasteiger partial charge < -0.3 is 53.0 Å². The number of benzene rings is 4. The van der Waals surface area contributed by atoms with E-state index in [1.807, 2.05) is 187 Å². The summed E-state index contributed by atoms with van der Waals surface area (Å²) in [6.45, 7) is 30.4. The molecule has 2 aliphatic heterocycles. The number of H-pyrrole nitrogens is 1. The summed E-state index contributed by atoms with van der Waals surface area (Å²) in [5.41, 5.74) is 8.31. The lowest BCUT2D eigenvalue weighted by molar-refractivity contribution is -0.159. The molecular formula is C88H129N11O16. The Hall–Kier alpha value is -9.12. The number of ether oxygens (including phenoxy) is 8. The van der Waals surface area contributed by atoms with Crippen molar-refractivity contribution in [2.45, 2.75) is 266 Å². The van der Waals surface area contributed by atoms with Crippen LogP contribution in [0.5, 0.6) is 0 Å². The molecule has 0 aliphatic carbocycles. The van der Waals surface area contributed by atoms with E-state index in [0.717, 1.165) is 81.8 Å². The van der Waals surface area contributed by atoms with Crippen LogP contribution in [0.4, 0.5) is 16.2 Å². The minimum Gasteiger partial charge on any atom is -0.466 e. The van der Waals surface area contributed by atoms with E-state index in [0.29, 0.717) is 167 Å². The molecule has 27 heteroatoms. The SMILES string of the molecule is CCCOC(=O)CCCCCC(NC(C)(C)C)C(=O)OC(C)(C)C.COCCOCCCC(=O)CCCC(=O)N1Cc2ccccc2-c2c(nnn2CCOC(=O)NCCCCC(NC(C)(C)C)C(=O)OC(C)(C)C)-c2ccccc21.COCCOCCCC(=O)CCCC(=O)N1Cc2ccccc2-c2n[nH]nc2-c2ccccc21. The van der Waals surface area contributed by atoms with Gasteiger partial charge in [-0.05, 0) is 171 Å². The number of aromatic amines is 1. The van der Waals surface area contributed by atoms with Gasteiger partial charge in [-0.3, -0.25) is 44.2 Å². The molecule has 0 fully saturated rings. The number of ketones is 2. The number of hydrogen-bond acceptors (Lipinski definition) is 22. The summed E-state index contributed by atoms with van der Waals surface area (Å²) in [4.78, 5) is 105. The Balaban J connectivity index is 0.000000299. The molecular weight excluding hydrogens is 1470 g/mol. The zero-order valence-corrected chi connectivity index (χ0v) is 71.0. The molecule has 2 aromatic heterocycles. The Labute approximate surface area is 680 Å². The Morgan fingerprint density at radius 1 is 0.461 bits per heavy atom. The van der Waals surface area contributed by atoms with Crippen LogP contribution in [0.25, 0.3) is 45.0 Å². The highest BCUT2D eigenvalue weighted by Gasteiger charge is 2.33. The number of nitrogens with zero attached hydrogens (tertiary/aromatic N) is 7. The van der Waals surface area contributed by atoms with Gasteiger partial charge >= 0.3 is 24.0 Å². The maximum atomic E-state index is 13.8. The van der Waals surface area contributed by atoms with Crippen LogP contribution in [-0.4, -0.2) is 186 Å². The van der Waals surface area contributed by atoms with Gasteiger partial charge in [-0.2, -0.15) is 15.4 Å². The number of amides is 3. The molecule has 2 unspecified atom stereocenters. The second-order valence-electron chi connectivity index (χ2n) is 32.9. The number of methoxy groups -OCH3 is 2. The second kappa shape index (κ2) is 48.4. The molecule has 8 rings (SSSR count). The minimum atomic E-state index is -0.578. The van der Waals surface area contributed by atoms with Crippen molar-refractivity contribution in [2.24, 2.45) is 0 Å². The number of aromatic nitrogens is 6. The molecule has 0 saturated carbocycles. The summed E-state index contributed by atoms with van der Waals surface area (Å²) in [6.07, 6.45) is 10.4. The summed E-state index contributed by atoms with van der Waals surface area (Å²) < 4.78 is 44.2. The highest BCUT2D eigenvalue weighted by atomic mass is 16.6. The maximum Gasteiger partial charge on any atom is 0.407 e. The fraction of sp³-hybridized carbons (Fsp3) is 0.591. The second-order valence-corrected chi connectivity index (χ2v) is 32.9. The molecule has 0 radical (unpaired) electrons. The van der Waals surface area contributed by atoms with Gasteiger partial charge in [-0.15, -0.1) is 5.10 Å². The summed E-state index contributed by atoms with van der Waals surface area (Å²) >= 11 is 0. The van der Waals surface area contributed by atoms with E-state index in [4.69, 9.17) is 37.9 Å². The number of carbonyl (C=O) groups excluding carboxylic acids is 8. The third-order valence-electron chi connectivity index (χ3n) is 18.2. The van der Waals surface area contributed by atoms with Crippen LogP contribution >= 0.6 is 0 Å². The van der Waals surface area contributed by atoms with Crippen molar-refractivity contribution in [3.05, 3.63) is 108 Å². The van der Waals surface area contributed by atoms with Crippen molar-refractivity contribution < 1.29 is 76.3 Å². The van der Waals surface area contributed by atoms with E-state index in [1.54, 1.807) is 28.7 Å². The lowest BCUT2D eigenvalue weighted by Crippen LogP contribution is -2.49. The Kier molecular flexibility index (Phi) is 39.9. The van der Waals surface area contributed by atoms with Crippen molar-refractivity contribution in [3.8, 4) is 45.0 Å². The van der Waals surface area contributed by atoms with E-state index >= 15 is 0 Å². The molecule has 0 bridgehead atoms. The van der Waals surface area contributed by atoms with Gasteiger partial charge in [0.1, 0.15) is 58.5 Å². The molecule has 3 amide bonds. The van der Waals surface area contributed by atoms with Gasteiger partial charge in [0.05, 0.1) is 69.7 Å². The molecule has 632 valence electrons. The van der Waals surface area contributed by atoms with Crippen molar-refractivity contribution in [2.75, 3.05) is 83.4 Å². The summed E-state index contributed by atoms with van der Waals surface area (Å²) in [6, 6.07) is 30.4. The molecule has 0 saturated heterocycles. The zero-order valence-electron chi connectivity index (χ0n) is 71.0. The zero-order chi connectivity index (χ0) is 84.0. The number of para-hydroxylation sites is 2. The smallest absolute Gasteiger partial charge is 0.407 e. The number of fused-ring (bicyclic) bond motifs is 10. The van der Waals surface area contributed by atoms with Gasteiger partial charge in [0.15, 0.2) is 0 Å². The van der Waals surface area contributed by atoms with Crippen LogP contribution in [0, 0.1) is 0 Å². The van der Waals surface area contributed by atoms with E-state index in [1.165, 1.54) is 0 Å². The fourth-order valence-corrected chi connectivity index (χ4v) is 13.0. The van der Waals surface area contributed by atoms with Crippen LogP contribution < -0.4 is 25.8 Å². The van der Waals surface area contributed by atoms with Crippen molar-refractivity contribution >= 4 is 58.8 Å². The molecule has 27 nitrogen and oxygen atoms in total. The summed E-state index contributed by atoms with van der Waals surface area (Å²) in [5.74, 6) is -0.427. The predicted molar refractivity (Wildman–Crippen MR) is 445 cm³/mol. The number of nitrogens with one attached hydrogen (secondary N) is 4. The minimum absolute atomic E-state index is 0.00935. The number of esters is 3. The van der Waals surface area contributed by atoms with E-state index < -0.39 is 23.3 Å². The third kappa shape index (κ3) is 34.3. The predicted octanol–water partition coefficient (Wildman–Crippen LogP) is 14.8. The van der Waals surface area contributed by atoms with Crippen molar-refractivity contribution in [1.82, 2.24) is 46.4 Å². The van der Waals surface area contributed by atoms with Gasteiger partial charge in [0.25, 0.3) is 0 Å². The number of Topliss-reactive ketones (excluding diaryl/α,β-unsaturated/α-hetero) is 2. The number of unbranched alkanes of at least 4 members (excludes halogenated alkanes) is 3. The quantitative estimate of drug-likeness (QED) is 0.0157. The molecule has 115 heavy (non-hydrogen) atoms. The maximum absolute atomic E-state index is 13.8. The lowest BCUT2D eigenvalue weighted by atomic mass is 9.95. The number of anilines is 2. The van der Waals surface area contributed by atoms with Gasteiger partial charge in [-0.1, -0.05) is 110 Å². The molecule has 4 N–H and O–H groups in total. The summed E-state index contributed by atoms with van der Waals surface area (Å²) in [7, 11) is 3.25. The first kappa shape index (κ1) is 94.7. The van der Waals surface area contributed by atoms with Gasteiger partial charge in [0.2, 0.25) is 11.8 Å².